The lowest BCUT2D eigenvalue weighted by Gasteiger charge is -2.21. The number of carboxylic acids is 1. The minimum absolute atomic E-state index is 0.241. The molecule has 0 aromatic heterocycles. The van der Waals surface area contributed by atoms with E-state index in [1.807, 2.05) is 42.2 Å². The lowest BCUT2D eigenvalue weighted by molar-refractivity contribution is -0.137. The van der Waals surface area contributed by atoms with E-state index < -0.39 is 5.97 Å². The maximum Gasteiger partial charge on any atom is 0.303 e. The van der Waals surface area contributed by atoms with Gasteiger partial charge in [-0.05, 0) is 31.9 Å². The number of para-hydroxylation sites is 1. The van der Waals surface area contributed by atoms with Crippen LogP contribution in [0, 0.1) is 0 Å². The number of unbranched alkanes of at least 4 members (excludes halogenated alkanes) is 13. The third-order valence-corrected chi connectivity index (χ3v) is 5.72. The van der Waals surface area contributed by atoms with Crippen molar-refractivity contribution in [3.05, 3.63) is 30.3 Å². The molecule has 0 aliphatic rings. The van der Waals surface area contributed by atoms with Crippen LogP contribution >= 0.6 is 0 Å². The summed E-state index contributed by atoms with van der Waals surface area (Å²) in [6.45, 7) is 2.76. The molecule has 0 aliphatic carbocycles. The number of carbonyl (C=O) groups excluding carboxylic acids is 1. The Hall–Kier alpha value is -1.84. The summed E-state index contributed by atoms with van der Waals surface area (Å²) < 4.78 is 0. The van der Waals surface area contributed by atoms with Gasteiger partial charge in [-0.15, -0.1) is 0 Å². The van der Waals surface area contributed by atoms with E-state index in [0.29, 0.717) is 12.8 Å². The van der Waals surface area contributed by atoms with E-state index in [0.717, 1.165) is 37.9 Å². The fourth-order valence-corrected chi connectivity index (χ4v) is 3.92. The predicted molar refractivity (Wildman–Crippen MR) is 126 cm³/mol. The van der Waals surface area contributed by atoms with Gasteiger partial charge in [-0.1, -0.05) is 95.2 Å². The zero-order chi connectivity index (χ0) is 21.9. The topological polar surface area (TPSA) is 57.6 Å². The van der Waals surface area contributed by atoms with Crippen LogP contribution < -0.4 is 4.90 Å². The zero-order valence-corrected chi connectivity index (χ0v) is 19.1. The summed E-state index contributed by atoms with van der Waals surface area (Å²) in [5.41, 5.74) is 1.00. The number of hydrogen-bond acceptors (Lipinski definition) is 2. The molecule has 170 valence electrons. The average molecular weight is 418 g/mol. The standard InChI is InChI=1S/C26H43NO3/c1-2-27(24-20-16-15-17-21-24)25(28)22-18-13-11-9-7-5-3-4-6-8-10-12-14-19-23-26(29)30/h15-17,20-21H,2-14,18-19,22-23H2,1H3,(H,29,30). The summed E-state index contributed by atoms with van der Waals surface area (Å²) in [6, 6.07) is 9.95. The number of rotatable bonds is 19. The Morgan fingerprint density at radius 2 is 1.07 bits per heavy atom. The highest BCUT2D eigenvalue weighted by atomic mass is 16.4. The largest absolute Gasteiger partial charge is 0.481 e. The number of nitrogens with zero attached hydrogens (tertiary/aromatic N) is 1. The lowest BCUT2D eigenvalue weighted by atomic mass is 10.0. The van der Waals surface area contributed by atoms with Gasteiger partial charge in [-0.3, -0.25) is 9.59 Å². The predicted octanol–water partition coefficient (Wildman–Crippen LogP) is 7.37. The molecule has 0 atom stereocenters. The number of aliphatic carboxylic acids is 1. The number of carbonyl (C=O) groups is 2. The third-order valence-electron chi connectivity index (χ3n) is 5.72. The summed E-state index contributed by atoms with van der Waals surface area (Å²) in [5.74, 6) is -0.430. The van der Waals surface area contributed by atoms with Gasteiger partial charge in [-0.25, -0.2) is 0 Å². The molecule has 4 heteroatoms. The van der Waals surface area contributed by atoms with Crippen molar-refractivity contribution in [1.29, 1.82) is 0 Å². The highest BCUT2D eigenvalue weighted by Crippen LogP contribution is 2.17. The van der Waals surface area contributed by atoms with Crippen molar-refractivity contribution in [2.45, 2.75) is 110 Å². The first-order valence-corrected chi connectivity index (χ1v) is 12.2. The fourth-order valence-electron chi connectivity index (χ4n) is 3.92. The van der Waals surface area contributed by atoms with Crippen LogP contribution in [-0.4, -0.2) is 23.5 Å². The SMILES string of the molecule is CCN(C(=O)CCCCCCCCCCCCCCCCC(=O)O)c1ccccc1. The molecule has 4 nitrogen and oxygen atoms in total. The first-order chi connectivity index (χ1) is 14.6. The van der Waals surface area contributed by atoms with Crippen molar-refractivity contribution in [2.75, 3.05) is 11.4 Å². The molecule has 0 bridgehead atoms. The first kappa shape index (κ1) is 26.2. The minimum atomic E-state index is -0.672. The van der Waals surface area contributed by atoms with Gasteiger partial charge in [0, 0.05) is 25.1 Å². The van der Waals surface area contributed by atoms with Crippen molar-refractivity contribution in [3.63, 3.8) is 0 Å². The molecule has 1 aromatic rings. The maximum atomic E-state index is 12.4. The van der Waals surface area contributed by atoms with Gasteiger partial charge < -0.3 is 10.0 Å². The van der Waals surface area contributed by atoms with E-state index >= 15 is 0 Å². The van der Waals surface area contributed by atoms with E-state index in [9.17, 15) is 9.59 Å². The molecule has 1 aromatic carbocycles. The van der Waals surface area contributed by atoms with Crippen LogP contribution in [0.3, 0.4) is 0 Å². The Kier molecular flexibility index (Phi) is 15.7. The van der Waals surface area contributed by atoms with Gasteiger partial charge in [0.25, 0.3) is 0 Å². The number of hydrogen-bond donors (Lipinski definition) is 1. The van der Waals surface area contributed by atoms with Crippen molar-refractivity contribution >= 4 is 17.6 Å². The number of carboxylic acid groups (broad SMARTS) is 1. The molecule has 30 heavy (non-hydrogen) atoms. The lowest BCUT2D eigenvalue weighted by Crippen LogP contribution is -2.30. The van der Waals surface area contributed by atoms with E-state index in [2.05, 4.69) is 0 Å². The van der Waals surface area contributed by atoms with E-state index in [-0.39, 0.29) is 5.91 Å². The number of amides is 1. The van der Waals surface area contributed by atoms with Crippen LogP contribution in [0.4, 0.5) is 5.69 Å². The highest BCUT2D eigenvalue weighted by Gasteiger charge is 2.12. The van der Waals surface area contributed by atoms with E-state index in [1.54, 1.807) is 0 Å². The molecule has 1 amide bonds. The van der Waals surface area contributed by atoms with Crippen LogP contribution in [0.25, 0.3) is 0 Å². The first-order valence-electron chi connectivity index (χ1n) is 12.2. The summed E-state index contributed by atoms with van der Waals surface area (Å²) in [6.07, 6.45) is 17.9. The molecule has 0 heterocycles. The van der Waals surface area contributed by atoms with Crippen LogP contribution in [0.1, 0.15) is 110 Å². The number of anilines is 1. The van der Waals surface area contributed by atoms with Crippen LogP contribution in [-0.2, 0) is 9.59 Å². The number of benzene rings is 1. The van der Waals surface area contributed by atoms with Gasteiger partial charge in [0.05, 0.1) is 0 Å². The smallest absolute Gasteiger partial charge is 0.303 e. The average Bonchev–Trinajstić information content (AvgIpc) is 2.74. The Morgan fingerprint density at radius 3 is 1.47 bits per heavy atom. The Bertz CT molecular complexity index is 559. The highest BCUT2D eigenvalue weighted by molar-refractivity contribution is 5.93. The minimum Gasteiger partial charge on any atom is -0.481 e. The molecule has 0 spiro atoms. The second kappa shape index (κ2) is 18.0. The molecule has 0 saturated carbocycles. The molecule has 1 rings (SSSR count). The Morgan fingerprint density at radius 1 is 0.667 bits per heavy atom. The normalized spacial score (nSPS) is 10.8. The van der Waals surface area contributed by atoms with Crippen molar-refractivity contribution < 1.29 is 14.7 Å². The molecule has 0 fully saturated rings. The summed E-state index contributed by atoms with van der Waals surface area (Å²) >= 11 is 0. The molecular weight excluding hydrogens is 374 g/mol. The second-order valence-corrected chi connectivity index (χ2v) is 8.32. The quantitative estimate of drug-likeness (QED) is 0.239. The van der Waals surface area contributed by atoms with Gasteiger partial charge >= 0.3 is 5.97 Å². The fraction of sp³-hybridized carbons (Fsp3) is 0.692. The molecule has 0 saturated heterocycles. The van der Waals surface area contributed by atoms with Crippen LogP contribution in [0.2, 0.25) is 0 Å². The van der Waals surface area contributed by atoms with Gasteiger partial charge in [-0.2, -0.15) is 0 Å². The summed E-state index contributed by atoms with van der Waals surface area (Å²) in [5, 5.41) is 8.59. The van der Waals surface area contributed by atoms with Crippen LogP contribution in [0.5, 0.6) is 0 Å². The van der Waals surface area contributed by atoms with Crippen molar-refractivity contribution in [2.24, 2.45) is 0 Å². The van der Waals surface area contributed by atoms with Crippen molar-refractivity contribution in [1.82, 2.24) is 0 Å². The maximum absolute atomic E-state index is 12.4. The van der Waals surface area contributed by atoms with Crippen LogP contribution in [0.15, 0.2) is 30.3 Å². The summed E-state index contributed by atoms with van der Waals surface area (Å²) in [7, 11) is 0. The van der Waals surface area contributed by atoms with E-state index in [1.165, 1.54) is 64.2 Å². The molecular formula is C26H43NO3. The van der Waals surface area contributed by atoms with E-state index in [4.69, 9.17) is 5.11 Å². The van der Waals surface area contributed by atoms with Gasteiger partial charge in [0.15, 0.2) is 0 Å². The molecule has 0 radical (unpaired) electrons. The monoisotopic (exact) mass is 417 g/mol. The third kappa shape index (κ3) is 13.4. The van der Waals surface area contributed by atoms with Crippen molar-refractivity contribution in [3.8, 4) is 0 Å². The van der Waals surface area contributed by atoms with Gasteiger partial charge in [0.1, 0.15) is 0 Å². The van der Waals surface area contributed by atoms with Gasteiger partial charge in [0.2, 0.25) is 5.91 Å². The Labute approximate surface area is 184 Å². The second-order valence-electron chi connectivity index (χ2n) is 8.32. The molecule has 0 aliphatic heterocycles. The molecule has 0 unspecified atom stereocenters. The summed E-state index contributed by atoms with van der Waals surface area (Å²) in [4.78, 5) is 24.8. The molecule has 1 N–H and O–H groups in total. The Balaban J connectivity index is 1.87. The zero-order valence-electron chi connectivity index (χ0n) is 19.1.